The van der Waals surface area contributed by atoms with Gasteiger partial charge in [-0.1, -0.05) is 23.9 Å². The molecule has 1 aliphatic carbocycles. The summed E-state index contributed by atoms with van der Waals surface area (Å²) in [6.07, 6.45) is 5.82. The molecule has 0 fully saturated rings. The van der Waals surface area contributed by atoms with Crippen molar-refractivity contribution in [2.24, 2.45) is 0 Å². The number of rotatable bonds is 4. The second-order valence-electron chi connectivity index (χ2n) is 5.55. The Morgan fingerprint density at radius 1 is 1.38 bits per heavy atom. The number of nitriles is 1. The van der Waals surface area contributed by atoms with Crippen molar-refractivity contribution in [2.75, 3.05) is 16.8 Å². The van der Waals surface area contributed by atoms with Crippen LogP contribution in [0.2, 0.25) is 0 Å². The van der Waals surface area contributed by atoms with Crippen molar-refractivity contribution in [1.82, 2.24) is 9.97 Å². The maximum Gasteiger partial charge on any atom is 0.234 e. The standard InChI is InChI=1S/C17H17N5OS/c18-8-12-9-20-17(22-16(12)19)24-10-15(23)21-14-7-3-5-11-4-1-2-6-13(11)14/h3,5,7,9H,1-2,4,6,10H2,(H,21,23)(H2,19,20,22). The van der Waals surface area contributed by atoms with Gasteiger partial charge in [-0.3, -0.25) is 4.79 Å². The number of nitrogens with one attached hydrogen (secondary N) is 1. The number of aromatic nitrogens is 2. The second-order valence-corrected chi connectivity index (χ2v) is 6.49. The molecule has 7 heteroatoms. The van der Waals surface area contributed by atoms with Gasteiger partial charge in [0.05, 0.1) is 11.9 Å². The van der Waals surface area contributed by atoms with E-state index < -0.39 is 0 Å². The fourth-order valence-corrected chi connectivity index (χ4v) is 3.37. The number of amides is 1. The van der Waals surface area contributed by atoms with Crippen LogP contribution in [0.15, 0.2) is 29.6 Å². The van der Waals surface area contributed by atoms with Crippen LogP contribution in [-0.2, 0) is 17.6 Å². The highest BCUT2D eigenvalue weighted by molar-refractivity contribution is 7.99. The van der Waals surface area contributed by atoms with Gasteiger partial charge in [0.2, 0.25) is 5.91 Å². The number of nitrogen functional groups attached to an aromatic ring is 1. The Morgan fingerprint density at radius 3 is 3.00 bits per heavy atom. The van der Waals surface area contributed by atoms with Gasteiger partial charge in [0.1, 0.15) is 17.5 Å². The summed E-state index contributed by atoms with van der Waals surface area (Å²) in [7, 11) is 0. The van der Waals surface area contributed by atoms with Crippen molar-refractivity contribution >= 4 is 29.2 Å². The van der Waals surface area contributed by atoms with Crippen LogP contribution in [0.25, 0.3) is 0 Å². The Bertz CT molecular complexity index is 815. The third-order valence-corrected chi connectivity index (χ3v) is 4.78. The van der Waals surface area contributed by atoms with E-state index in [-0.39, 0.29) is 23.0 Å². The number of hydrogen-bond donors (Lipinski definition) is 2. The van der Waals surface area contributed by atoms with E-state index >= 15 is 0 Å². The average Bonchev–Trinajstić information content (AvgIpc) is 2.60. The fraction of sp³-hybridized carbons (Fsp3) is 0.294. The van der Waals surface area contributed by atoms with Crippen LogP contribution < -0.4 is 11.1 Å². The van der Waals surface area contributed by atoms with Gasteiger partial charge < -0.3 is 11.1 Å². The van der Waals surface area contributed by atoms with Gasteiger partial charge in [0, 0.05) is 5.69 Å². The van der Waals surface area contributed by atoms with E-state index in [9.17, 15) is 4.79 Å². The quantitative estimate of drug-likeness (QED) is 0.655. The van der Waals surface area contributed by atoms with Gasteiger partial charge in [-0.15, -0.1) is 0 Å². The van der Waals surface area contributed by atoms with Gasteiger partial charge in [0.15, 0.2) is 5.16 Å². The predicted molar refractivity (Wildman–Crippen MR) is 93.6 cm³/mol. The molecule has 2 aromatic rings. The lowest BCUT2D eigenvalue weighted by atomic mass is 9.90. The highest BCUT2D eigenvalue weighted by Gasteiger charge is 2.15. The Hall–Kier alpha value is -2.59. The summed E-state index contributed by atoms with van der Waals surface area (Å²) in [5.74, 6) is 0.215. The zero-order valence-corrected chi connectivity index (χ0v) is 13.9. The summed E-state index contributed by atoms with van der Waals surface area (Å²) in [6, 6.07) is 7.97. The molecule has 1 heterocycles. The van der Waals surface area contributed by atoms with E-state index in [0.717, 1.165) is 24.9 Å². The van der Waals surface area contributed by atoms with E-state index in [1.807, 2.05) is 18.2 Å². The predicted octanol–water partition coefficient (Wildman–Crippen LogP) is 2.54. The van der Waals surface area contributed by atoms with E-state index in [1.54, 1.807) is 0 Å². The number of carbonyl (C=O) groups excluding carboxylic acids is 1. The van der Waals surface area contributed by atoms with E-state index in [0.29, 0.717) is 5.16 Å². The number of aryl methyl sites for hydroxylation is 1. The molecule has 0 spiro atoms. The van der Waals surface area contributed by atoms with E-state index in [4.69, 9.17) is 11.0 Å². The first kappa shape index (κ1) is 16.3. The van der Waals surface area contributed by atoms with E-state index in [1.165, 1.54) is 35.5 Å². The van der Waals surface area contributed by atoms with Gasteiger partial charge in [-0.05, 0) is 42.9 Å². The summed E-state index contributed by atoms with van der Waals surface area (Å²) in [5, 5.41) is 12.2. The third kappa shape index (κ3) is 3.66. The molecule has 0 bridgehead atoms. The fourth-order valence-electron chi connectivity index (χ4n) is 2.75. The normalized spacial score (nSPS) is 13.0. The number of fused-ring (bicyclic) bond motifs is 1. The Morgan fingerprint density at radius 2 is 2.21 bits per heavy atom. The molecule has 1 aromatic carbocycles. The highest BCUT2D eigenvalue weighted by Crippen LogP contribution is 2.28. The van der Waals surface area contributed by atoms with Crippen molar-refractivity contribution < 1.29 is 4.79 Å². The number of carbonyl (C=O) groups is 1. The molecule has 0 radical (unpaired) electrons. The zero-order valence-electron chi connectivity index (χ0n) is 13.1. The number of benzene rings is 1. The number of thioether (sulfide) groups is 1. The number of hydrogen-bond acceptors (Lipinski definition) is 6. The molecule has 0 aliphatic heterocycles. The van der Waals surface area contributed by atoms with Crippen LogP contribution >= 0.6 is 11.8 Å². The summed E-state index contributed by atoms with van der Waals surface area (Å²) >= 11 is 1.19. The molecule has 0 saturated heterocycles. The van der Waals surface area contributed by atoms with Crippen molar-refractivity contribution in [2.45, 2.75) is 30.8 Å². The first-order chi connectivity index (χ1) is 11.7. The minimum absolute atomic E-state index is 0.106. The lowest BCUT2D eigenvalue weighted by Gasteiger charge is -2.19. The lowest BCUT2D eigenvalue weighted by molar-refractivity contribution is -0.113. The lowest BCUT2D eigenvalue weighted by Crippen LogP contribution is -2.17. The molecule has 24 heavy (non-hydrogen) atoms. The first-order valence-corrected chi connectivity index (χ1v) is 8.72. The van der Waals surface area contributed by atoms with Crippen LogP contribution in [0.3, 0.4) is 0 Å². The molecule has 3 N–H and O–H groups in total. The third-order valence-electron chi connectivity index (χ3n) is 3.92. The van der Waals surface area contributed by atoms with Crippen molar-refractivity contribution in [3.63, 3.8) is 0 Å². The molecule has 1 amide bonds. The Labute approximate surface area is 144 Å². The van der Waals surface area contributed by atoms with Gasteiger partial charge in [-0.25, -0.2) is 9.97 Å². The Kier molecular flexibility index (Phi) is 4.96. The van der Waals surface area contributed by atoms with Crippen molar-refractivity contribution in [1.29, 1.82) is 5.26 Å². The van der Waals surface area contributed by atoms with Crippen LogP contribution in [-0.4, -0.2) is 21.6 Å². The molecule has 1 aromatic heterocycles. The number of nitrogens with zero attached hydrogens (tertiary/aromatic N) is 3. The van der Waals surface area contributed by atoms with Crippen LogP contribution in [0, 0.1) is 11.3 Å². The minimum atomic E-state index is -0.106. The smallest absolute Gasteiger partial charge is 0.234 e. The average molecular weight is 339 g/mol. The van der Waals surface area contributed by atoms with Crippen LogP contribution in [0.1, 0.15) is 29.5 Å². The largest absolute Gasteiger partial charge is 0.382 e. The SMILES string of the molecule is N#Cc1cnc(SCC(=O)Nc2cccc3c2CCCC3)nc1N. The van der Waals surface area contributed by atoms with Crippen LogP contribution in [0.5, 0.6) is 0 Å². The molecule has 3 rings (SSSR count). The molecular weight excluding hydrogens is 322 g/mol. The highest BCUT2D eigenvalue weighted by atomic mass is 32.2. The molecular formula is C17H17N5OS. The summed E-state index contributed by atoms with van der Waals surface area (Å²) in [5.41, 5.74) is 9.37. The van der Waals surface area contributed by atoms with Crippen molar-refractivity contribution in [3.05, 3.63) is 41.1 Å². The maximum absolute atomic E-state index is 12.2. The Balaban J connectivity index is 1.62. The second kappa shape index (κ2) is 7.32. The van der Waals surface area contributed by atoms with Crippen molar-refractivity contribution in [3.8, 4) is 6.07 Å². The molecule has 0 saturated carbocycles. The minimum Gasteiger partial charge on any atom is -0.382 e. The first-order valence-electron chi connectivity index (χ1n) is 7.73. The number of nitrogens with two attached hydrogens (primary N) is 1. The zero-order chi connectivity index (χ0) is 16.9. The summed E-state index contributed by atoms with van der Waals surface area (Å²) < 4.78 is 0. The molecule has 1 aliphatic rings. The maximum atomic E-state index is 12.2. The summed E-state index contributed by atoms with van der Waals surface area (Å²) in [4.78, 5) is 20.3. The van der Waals surface area contributed by atoms with E-state index in [2.05, 4.69) is 21.4 Å². The molecule has 6 nitrogen and oxygen atoms in total. The van der Waals surface area contributed by atoms with Gasteiger partial charge >= 0.3 is 0 Å². The van der Waals surface area contributed by atoms with Crippen LogP contribution in [0.4, 0.5) is 11.5 Å². The van der Waals surface area contributed by atoms with Gasteiger partial charge in [0.25, 0.3) is 0 Å². The monoisotopic (exact) mass is 339 g/mol. The number of anilines is 2. The van der Waals surface area contributed by atoms with Gasteiger partial charge in [-0.2, -0.15) is 5.26 Å². The summed E-state index contributed by atoms with van der Waals surface area (Å²) in [6.45, 7) is 0. The molecule has 0 unspecified atom stereocenters. The molecule has 122 valence electrons. The topological polar surface area (TPSA) is 105 Å². The molecule has 0 atom stereocenters.